The molecule has 0 saturated carbocycles. The van der Waals surface area contributed by atoms with Crippen molar-refractivity contribution in [2.24, 2.45) is 5.11 Å². The zero-order valence-corrected chi connectivity index (χ0v) is 13.1. The normalized spacial score (nSPS) is 10.6. The smallest absolute Gasteiger partial charge is 0.414 e. The molecule has 0 saturated heterocycles. The highest BCUT2D eigenvalue weighted by Gasteiger charge is 2.23. The van der Waals surface area contributed by atoms with E-state index in [9.17, 15) is 9.59 Å². The van der Waals surface area contributed by atoms with Crippen LogP contribution in [0.25, 0.3) is 10.4 Å². The molecular formula is C14H18N4O4. The predicted octanol–water partition coefficient (Wildman–Crippen LogP) is 4.01. The Bertz CT molecular complexity index is 658. The fraction of sp³-hybridized carbons (Fsp3) is 0.429. The molecule has 118 valence electrons. The van der Waals surface area contributed by atoms with Gasteiger partial charge < -0.3 is 9.84 Å². The van der Waals surface area contributed by atoms with Gasteiger partial charge in [-0.05, 0) is 50.9 Å². The van der Waals surface area contributed by atoms with E-state index in [1.54, 1.807) is 27.7 Å². The predicted molar refractivity (Wildman–Crippen MR) is 81.6 cm³/mol. The maximum atomic E-state index is 12.1. The first kappa shape index (κ1) is 17.3. The number of ether oxygens (including phenoxy) is 1. The highest BCUT2D eigenvalue weighted by Crippen LogP contribution is 2.31. The molecule has 1 N–H and O–H groups in total. The number of benzene rings is 1. The van der Waals surface area contributed by atoms with Crippen molar-refractivity contribution in [3.8, 4) is 0 Å². The van der Waals surface area contributed by atoms with Gasteiger partial charge in [-0.25, -0.2) is 9.59 Å². The third kappa shape index (κ3) is 4.13. The first-order valence-corrected chi connectivity index (χ1v) is 6.46. The SMILES string of the molecule is Cc1c(N=[N+]=[N-])cc(C(=O)O)cc1N(C)C(=O)OC(C)(C)C. The monoisotopic (exact) mass is 306 g/mol. The molecule has 22 heavy (non-hydrogen) atoms. The molecule has 0 radical (unpaired) electrons. The van der Waals surface area contributed by atoms with Gasteiger partial charge in [-0.2, -0.15) is 0 Å². The van der Waals surface area contributed by atoms with Crippen LogP contribution in [0.4, 0.5) is 16.2 Å². The van der Waals surface area contributed by atoms with Crippen molar-refractivity contribution in [1.29, 1.82) is 0 Å². The van der Waals surface area contributed by atoms with E-state index in [0.29, 0.717) is 11.3 Å². The maximum Gasteiger partial charge on any atom is 0.414 e. The lowest BCUT2D eigenvalue weighted by Gasteiger charge is -2.26. The largest absolute Gasteiger partial charge is 0.478 e. The van der Waals surface area contributed by atoms with Gasteiger partial charge in [-0.15, -0.1) is 0 Å². The van der Waals surface area contributed by atoms with Gasteiger partial charge in [-0.1, -0.05) is 5.11 Å². The Kier molecular flexibility index (Phi) is 5.01. The average Bonchev–Trinajstić information content (AvgIpc) is 2.38. The Balaban J connectivity index is 3.36. The molecule has 0 heterocycles. The van der Waals surface area contributed by atoms with E-state index >= 15 is 0 Å². The van der Waals surface area contributed by atoms with Crippen molar-refractivity contribution in [1.82, 2.24) is 0 Å². The number of carboxylic acids is 1. The van der Waals surface area contributed by atoms with Crippen LogP contribution in [-0.4, -0.2) is 29.8 Å². The molecule has 8 nitrogen and oxygen atoms in total. The maximum absolute atomic E-state index is 12.1. The molecule has 1 amide bonds. The van der Waals surface area contributed by atoms with Crippen LogP contribution < -0.4 is 4.90 Å². The Hall–Kier alpha value is -2.73. The molecule has 0 unspecified atom stereocenters. The number of azide groups is 1. The second-order valence-corrected chi connectivity index (χ2v) is 5.67. The summed E-state index contributed by atoms with van der Waals surface area (Å²) in [5.74, 6) is -1.19. The van der Waals surface area contributed by atoms with Gasteiger partial charge in [0.05, 0.1) is 11.3 Å². The zero-order valence-electron chi connectivity index (χ0n) is 13.1. The van der Waals surface area contributed by atoms with Crippen molar-refractivity contribution < 1.29 is 19.4 Å². The Morgan fingerprint density at radius 3 is 2.41 bits per heavy atom. The highest BCUT2D eigenvalue weighted by molar-refractivity contribution is 5.95. The van der Waals surface area contributed by atoms with Crippen molar-refractivity contribution in [3.63, 3.8) is 0 Å². The lowest BCUT2D eigenvalue weighted by Crippen LogP contribution is -2.34. The molecule has 0 spiro atoms. The highest BCUT2D eigenvalue weighted by atomic mass is 16.6. The van der Waals surface area contributed by atoms with Crippen LogP contribution in [0.1, 0.15) is 36.7 Å². The molecule has 1 aromatic carbocycles. The third-order valence-electron chi connectivity index (χ3n) is 2.78. The van der Waals surface area contributed by atoms with Crippen molar-refractivity contribution >= 4 is 23.4 Å². The van der Waals surface area contributed by atoms with E-state index < -0.39 is 17.7 Å². The van der Waals surface area contributed by atoms with E-state index in [0.717, 1.165) is 0 Å². The van der Waals surface area contributed by atoms with Crippen LogP contribution in [0.3, 0.4) is 0 Å². The summed E-state index contributed by atoms with van der Waals surface area (Å²) in [6, 6.07) is 2.59. The molecule has 1 rings (SSSR count). The Morgan fingerprint density at radius 1 is 1.36 bits per heavy atom. The molecule has 8 heteroatoms. The lowest BCUT2D eigenvalue weighted by atomic mass is 10.1. The summed E-state index contributed by atoms with van der Waals surface area (Å²) in [6.07, 6.45) is -0.634. The number of hydrogen-bond acceptors (Lipinski definition) is 4. The van der Waals surface area contributed by atoms with Crippen LogP contribution in [0.2, 0.25) is 0 Å². The number of carboxylic acid groups (broad SMARTS) is 1. The third-order valence-corrected chi connectivity index (χ3v) is 2.78. The van der Waals surface area contributed by atoms with Gasteiger partial charge in [0.25, 0.3) is 0 Å². The Morgan fingerprint density at radius 2 is 1.95 bits per heavy atom. The van der Waals surface area contributed by atoms with Crippen molar-refractivity contribution in [2.45, 2.75) is 33.3 Å². The molecule has 0 aliphatic carbocycles. The number of hydrogen-bond donors (Lipinski definition) is 1. The summed E-state index contributed by atoms with van der Waals surface area (Å²) < 4.78 is 5.25. The summed E-state index contributed by atoms with van der Waals surface area (Å²) in [6.45, 7) is 6.81. The number of amides is 1. The molecule has 0 aromatic heterocycles. The van der Waals surface area contributed by atoms with Gasteiger partial charge in [-0.3, -0.25) is 4.90 Å². The number of rotatable bonds is 3. The summed E-state index contributed by atoms with van der Waals surface area (Å²) >= 11 is 0. The standard InChI is InChI=1S/C14H18N4O4/c1-8-10(16-17-15)6-9(12(19)20)7-11(8)18(5)13(21)22-14(2,3)4/h6-7H,1-5H3,(H,19,20). The van der Waals surface area contributed by atoms with E-state index in [4.69, 9.17) is 15.4 Å². The lowest BCUT2D eigenvalue weighted by molar-refractivity contribution is 0.0587. The summed E-state index contributed by atoms with van der Waals surface area (Å²) in [5.41, 5.74) is 8.73. The summed E-state index contributed by atoms with van der Waals surface area (Å²) in [4.78, 5) is 27.1. The molecule has 0 aliphatic rings. The van der Waals surface area contributed by atoms with Gasteiger partial charge in [0.15, 0.2) is 0 Å². The van der Waals surface area contributed by atoms with Gasteiger partial charge >= 0.3 is 12.1 Å². The van der Waals surface area contributed by atoms with Gasteiger partial charge in [0.1, 0.15) is 5.60 Å². The van der Waals surface area contributed by atoms with Crippen molar-refractivity contribution in [3.05, 3.63) is 33.7 Å². The topological polar surface area (TPSA) is 116 Å². The molecule has 1 aromatic rings. The van der Waals surface area contributed by atoms with E-state index in [1.165, 1.54) is 24.1 Å². The number of aromatic carboxylic acids is 1. The van der Waals surface area contributed by atoms with E-state index in [-0.39, 0.29) is 11.3 Å². The van der Waals surface area contributed by atoms with Crippen LogP contribution in [0, 0.1) is 6.92 Å². The minimum absolute atomic E-state index is 0.0848. The van der Waals surface area contributed by atoms with Crippen LogP contribution >= 0.6 is 0 Å². The zero-order chi connectivity index (χ0) is 17.1. The minimum Gasteiger partial charge on any atom is -0.478 e. The first-order chi connectivity index (χ1) is 10.1. The second kappa shape index (κ2) is 6.36. The molecular weight excluding hydrogens is 288 g/mol. The first-order valence-electron chi connectivity index (χ1n) is 6.46. The molecule has 0 fully saturated rings. The average molecular weight is 306 g/mol. The summed E-state index contributed by atoms with van der Waals surface area (Å²) in [7, 11) is 1.46. The molecule has 0 aliphatic heterocycles. The summed E-state index contributed by atoms with van der Waals surface area (Å²) in [5, 5.41) is 12.6. The van der Waals surface area contributed by atoms with Crippen LogP contribution in [-0.2, 0) is 4.74 Å². The number of carbonyl (C=O) groups is 2. The van der Waals surface area contributed by atoms with Crippen LogP contribution in [0.5, 0.6) is 0 Å². The van der Waals surface area contributed by atoms with E-state index in [2.05, 4.69) is 10.0 Å². The minimum atomic E-state index is -1.19. The van der Waals surface area contributed by atoms with E-state index in [1.807, 2.05) is 0 Å². The Labute approximate surface area is 127 Å². The number of anilines is 1. The van der Waals surface area contributed by atoms with Crippen molar-refractivity contribution in [2.75, 3.05) is 11.9 Å². The number of nitrogens with zero attached hydrogens (tertiary/aromatic N) is 4. The molecule has 0 atom stereocenters. The van der Waals surface area contributed by atoms with Gasteiger partial charge in [0, 0.05) is 17.6 Å². The second-order valence-electron chi connectivity index (χ2n) is 5.67. The van der Waals surface area contributed by atoms with Crippen LogP contribution in [0.15, 0.2) is 17.2 Å². The number of carbonyl (C=O) groups excluding carboxylic acids is 1. The quantitative estimate of drug-likeness (QED) is 0.516. The fourth-order valence-corrected chi connectivity index (χ4v) is 1.74. The fourth-order valence-electron chi connectivity index (χ4n) is 1.74. The van der Waals surface area contributed by atoms with Gasteiger partial charge in [0.2, 0.25) is 0 Å². The molecule has 0 bridgehead atoms.